The van der Waals surface area contributed by atoms with Crippen LogP contribution in [0.5, 0.6) is 5.75 Å². The van der Waals surface area contributed by atoms with Crippen LogP contribution >= 0.6 is 0 Å². The molecule has 150 valence electrons. The SMILES string of the molecule is Cc1nc(NC2CCNC(C)C2)nc2ccc(-c3cccc4c3CCCO4)cc12. The van der Waals surface area contributed by atoms with Crippen molar-refractivity contribution in [3.05, 3.63) is 47.7 Å². The van der Waals surface area contributed by atoms with E-state index in [0.717, 1.165) is 67.1 Å². The third kappa shape index (κ3) is 3.67. The molecule has 0 amide bonds. The monoisotopic (exact) mass is 388 g/mol. The zero-order chi connectivity index (χ0) is 19.8. The molecule has 0 aliphatic carbocycles. The normalized spacial score (nSPS) is 21.4. The Bertz CT molecular complexity index is 1050. The number of ether oxygens (including phenoxy) is 1. The van der Waals surface area contributed by atoms with Crippen LogP contribution in [0.2, 0.25) is 0 Å². The predicted molar refractivity (Wildman–Crippen MR) is 118 cm³/mol. The molecule has 1 aromatic heterocycles. The van der Waals surface area contributed by atoms with Gasteiger partial charge in [0.15, 0.2) is 0 Å². The quantitative estimate of drug-likeness (QED) is 0.693. The largest absolute Gasteiger partial charge is 0.493 e. The lowest BCUT2D eigenvalue weighted by Crippen LogP contribution is -2.41. The van der Waals surface area contributed by atoms with Crippen molar-refractivity contribution < 1.29 is 4.74 Å². The van der Waals surface area contributed by atoms with Crippen molar-refractivity contribution in [3.63, 3.8) is 0 Å². The molecular formula is C24H28N4O. The average molecular weight is 389 g/mol. The Morgan fingerprint density at radius 1 is 1.17 bits per heavy atom. The first-order valence-electron chi connectivity index (χ1n) is 10.7. The van der Waals surface area contributed by atoms with Crippen molar-refractivity contribution in [3.8, 4) is 16.9 Å². The van der Waals surface area contributed by atoms with Gasteiger partial charge in [-0.25, -0.2) is 9.97 Å². The minimum absolute atomic E-state index is 0.429. The van der Waals surface area contributed by atoms with Crippen LogP contribution < -0.4 is 15.4 Å². The number of aromatic nitrogens is 2. The highest BCUT2D eigenvalue weighted by atomic mass is 16.5. The molecule has 0 radical (unpaired) electrons. The molecule has 0 saturated carbocycles. The highest BCUT2D eigenvalue weighted by Gasteiger charge is 2.20. The second-order valence-corrected chi connectivity index (χ2v) is 8.32. The fourth-order valence-electron chi connectivity index (χ4n) is 4.62. The van der Waals surface area contributed by atoms with Gasteiger partial charge in [-0.05, 0) is 75.4 Å². The standard InChI is InChI=1S/C24H28N4O/c1-15-13-18(10-11-25-15)27-24-26-16(2)21-14-17(8-9-22(21)28-24)19-5-3-7-23-20(19)6-4-12-29-23/h3,5,7-9,14-15,18,25H,4,6,10-13H2,1-2H3,(H,26,27,28). The summed E-state index contributed by atoms with van der Waals surface area (Å²) in [5, 5.41) is 8.16. The summed E-state index contributed by atoms with van der Waals surface area (Å²) in [4.78, 5) is 9.59. The Morgan fingerprint density at radius 2 is 2.10 bits per heavy atom. The van der Waals surface area contributed by atoms with Gasteiger partial charge in [0.2, 0.25) is 5.95 Å². The van der Waals surface area contributed by atoms with Crippen LogP contribution in [-0.4, -0.2) is 35.2 Å². The molecule has 2 atom stereocenters. The lowest BCUT2D eigenvalue weighted by atomic mass is 9.94. The lowest BCUT2D eigenvalue weighted by Gasteiger charge is -2.28. The molecule has 5 heteroatoms. The zero-order valence-corrected chi connectivity index (χ0v) is 17.2. The average Bonchev–Trinajstić information content (AvgIpc) is 2.73. The summed E-state index contributed by atoms with van der Waals surface area (Å²) in [6.45, 7) is 6.16. The highest BCUT2D eigenvalue weighted by molar-refractivity contribution is 5.87. The molecule has 29 heavy (non-hydrogen) atoms. The van der Waals surface area contributed by atoms with E-state index >= 15 is 0 Å². The second-order valence-electron chi connectivity index (χ2n) is 8.32. The Labute approximate surface area is 171 Å². The Hall–Kier alpha value is -2.66. The van der Waals surface area contributed by atoms with Crippen LogP contribution in [0.1, 0.15) is 37.4 Å². The number of piperidine rings is 1. The number of benzene rings is 2. The molecular weight excluding hydrogens is 360 g/mol. The Morgan fingerprint density at radius 3 is 3.00 bits per heavy atom. The van der Waals surface area contributed by atoms with Crippen LogP contribution in [-0.2, 0) is 6.42 Å². The first-order chi connectivity index (χ1) is 14.2. The molecule has 2 aromatic carbocycles. The van der Waals surface area contributed by atoms with E-state index in [2.05, 4.69) is 60.9 Å². The number of fused-ring (bicyclic) bond motifs is 2. The summed E-state index contributed by atoms with van der Waals surface area (Å²) in [5.41, 5.74) is 5.79. The van der Waals surface area contributed by atoms with Crippen molar-refractivity contribution in [2.75, 3.05) is 18.5 Å². The van der Waals surface area contributed by atoms with Crippen molar-refractivity contribution in [2.24, 2.45) is 0 Å². The van der Waals surface area contributed by atoms with Gasteiger partial charge in [-0.1, -0.05) is 18.2 Å². The Kier molecular flexibility index (Phi) is 4.84. The van der Waals surface area contributed by atoms with Crippen LogP contribution in [0, 0.1) is 6.92 Å². The zero-order valence-electron chi connectivity index (χ0n) is 17.2. The van der Waals surface area contributed by atoms with Gasteiger partial charge in [-0.15, -0.1) is 0 Å². The predicted octanol–water partition coefficient (Wildman–Crippen LogP) is 4.48. The molecule has 3 aromatic rings. The molecule has 0 bridgehead atoms. The Balaban J connectivity index is 1.48. The number of nitrogens with one attached hydrogen (secondary N) is 2. The van der Waals surface area contributed by atoms with E-state index in [-0.39, 0.29) is 0 Å². The molecule has 1 saturated heterocycles. The first kappa shape index (κ1) is 18.4. The minimum Gasteiger partial charge on any atom is -0.493 e. The molecule has 1 fully saturated rings. The van der Waals surface area contributed by atoms with Crippen molar-refractivity contribution in [2.45, 2.75) is 51.6 Å². The summed E-state index contributed by atoms with van der Waals surface area (Å²) < 4.78 is 5.85. The number of aryl methyl sites for hydroxylation is 1. The van der Waals surface area contributed by atoms with Gasteiger partial charge in [0, 0.05) is 23.0 Å². The maximum Gasteiger partial charge on any atom is 0.223 e. The van der Waals surface area contributed by atoms with Gasteiger partial charge in [0.05, 0.1) is 17.8 Å². The fourth-order valence-corrected chi connectivity index (χ4v) is 4.62. The number of anilines is 1. The van der Waals surface area contributed by atoms with Crippen molar-refractivity contribution >= 4 is 16.9 Å². The molecule has 5 nitrogen and oxygen atoms in total. The number of hydrogen-bond acceptors (Lipinski definition) is 5. The van der Waals surface area contributed by atoms with E-state index in [4.69, 9.17) is 14.7 Å². The first-order valence-corrected chi connectivity index (χ1v) is 10.7. The van der Waals surface area contributed by atoms with E-state index in [0.29, 0.717) is 12.1 Å². The fraction of sp³-hybridized carbons (Fsp3) is 0.417. The van der Waals surface area contributed by atoms with E-state index in [1.54, 1.807) is 0 Å². The van der Waals surface area contributed by atoms with Crippen LogP contribution in [0.25, 0.3) is 22.0 Å². The van der Waals surface area contributed by atoms with Gasteiger partial charge < -0.3 is 15.4 Å². The third-order valence-electron chi connectivity index (χ3n) is 6.12. The molecule has 2 N–H and O–H groups in total. The van der Waals surface area contributed by atoms with Crippen LogP contribution in [0.3, 0.4) is 0 Å². The number of hydrogen-bond donors (Lipinski definition) is 2. The van der Waals surface area contributed by atoms with Crippen LogP contribution in [0.15, 0.2) is 36.4 Å². The van der Waals surface area contributed by atoms with E-state index in [1.165, 1.54) is 16.7 Å². The number of nitrogens with zero attached hydrogens (tertiary/aromatic N) is 2. The molecule has 3 heterocycles. The smallest absolute Gasteiger partial charge is 0.223 e. The molecule has 0 spiro atoms. The van der Waals surface area contributed by atoms with E-state index < -0.39 is 0 Å². The summed E-state index contributed by atoms with van der Waals surface area (Å²) in [6, 6.07) is 13.8. The van der Waals surface area contributed by atoms with Gasteiger partial charge in [0.1, 0.15) is 5.75 Å². The maximum atomic E-state index is 5.85. The molecule has 2 aliphatic rings. The molecule has 5 rings (SSSR count). The van der Waals surface area contributed by atoms with Crippen molar-refractivity contribution in [1.82, 2.24) is 15.3 Å². The van der Waals surface area contributed by atoms with Gasteiger partial charge in [-0.3, -0.25) is 0 Å². The maximum absolute atomic E-state index is 5.85. The number of rotatable bonds is 3. The topological polar surface area (TPSA) is 59.1 Å². The summed E-state index contributed by atoms with van der Waals surface area (Å²) in [7, 11) is 0. The van der Waals surface area contributed by atoms with E-state index in [1.807, 2.05) is 0 Å². The summed E-state index contributed by atoms with van der Waals surface area (Å²) >= 11 is 0. The van der Waals surface area contributed by atoms with E-state index in [9.17, 15) is 0 Å². The summed E-state index contributed by atoms with van der Waals surface area (Å²) in [6.07, 6.45) is 4.34. The van der Waals surface area contributed by atoms with Gasteiger partial charge in [0.25, 0.3) is 0 Å². The summed E-state index contributed by atoms with van der Waals surface area (Å²) in [5.74, 6) is 1.77. The van der Waals surface area contributed by atoms with Gasteiger partial charge >= 0.3 is 0 Å². The third-order valence-corrected chi connectivity index (χ3v) is 6.12. The van der Waals surface area contributed by atoms with Crippen molar-refractivity contribution in [1.29, 1.82) is 0 Å². The minimum atomic E-state index is 0.429. The highest BCUT2D eigenvalue weighted by Crippen LogP contribution is 2.35. The molecule has 2 aliphatic heterocycles. The molecule has 2 unspecified atom stereocenters. The van der Waals surface area contributed by atoms with Gasteiger partial charge in [-0.2, -0.15) is 0 Å². The second kappa shape index (κ2) is 7.64. The lowest BCUT2D eigenvalue weighted by molar-refractivity contribution is 0.289. The van der Waals surface area contributed by atoms with Crippen LogP contribution in [0.4, 0.5) is 5.95 Å².